The van der Waals surface area contributed by atoms with Crippen molar-refractivity contribution >= 4 is 18.0 Å². The zero-order valence-electron chi connectivity index (χ0n) is 19.7. The lowest BCUT2D eigenvalue weighted by molar-refractivity contribution is -0.141. The average molecular weight is 465 g/mol. The smallest absolute Gasteiger partial charge is 0.407 e. The molecule has 0 heterocycles. The van der Waals surface area contributed by atoms with Crippen molar-refractivity contribution in [1.82, 2.24) is 10.6 Å². The third-order valence-corrected chi connectivity index (χ3v) is 7.26. The predicted molar refractivity (Wildman–Crippen MR) is 128 cm³/mol. The predicted octanol–water partition coefficient (Wildman–Crippen LogP) is 4.31. The maximum Gasteiger partial charge on any atom is 0.407 e. The fourth-order valence-corrected chi connectivity index (χ4v) is 5.24. The Morgan fingerprint density at radius 1 is 1.06 bits per heavy atom. The lowest BCUT2D eigenvalue weighted by Gasteiger charge is -2.40. The number of hydrogen-bond acceptors (Lipinski definition) is 4. The van der Waals surface area contributed by atoms with E-state index in [1.165, 1.54) is 11.1 Å². The molecule has 1 saturated carbocycles. The van der Waals surface area contributed by atoms with Gasteiger partial charge in [-0.2, -0.15) is 0 Å². The summed E-state index contributed by atoms with van der Waals surface area (Å²) in [6, 6.07) is 16.3. The zero-order chi connectivity index (χ0) is 24.3. The highest BCUT2D eigenvalue weighted by atomic mass is 16.5. The van der Waals surface area contributed by atoms with Gasteiger partial charge in [0, 0.05) is 12.5 Å². The Labute approximate surface area is 199 Å². The molecule has 3 unspecified atom stereocenters. The van der Waals surface area contributed by atoms with Gasteiger partial charge >= 0.3 is 12.1 Å². The van der Waals surface area contributed by atoms with Crippen molar-refractivity contribution < 1.29 is 24.2 Å². The minimum atomic E-state index is -0.955. The summed E-state index contributed by atoms with van der Waals surface area (Å²) in [5, 5.41) is 14.8. The van der Waals surface area contributed by atoms with Gasteiger partial charge in [0.25, 0.3) is 0 Å². The van der Waals surface area contributed by atoms with Gasteiger partial charge < -0.3 is 20.5 Å². The van der Waals surface area contributed by atoms with Crippen molar-refractivity contribution in [2.45, 2.75) is 51.0 Å². The average Bonchev–Trinajstić information content (AvgIpc) is 3.14. The van der Waals surface area contributed by atoms with E-state index in [4.69, 9.17) is 9.84 Å². The molecule has 3 N–H and O–H groups in total. The van der Waals surface area contributed by atoms with Crippen molar-refractivity contribution in [2.24, 2.45) is 11.8 Å². The van der Waals surface area contributed by atoms with Crippen LogP contribution in [0.5, 0.6) is 0 Å². The van der Waals surface area contributed by atoms with Crippen molar-refractivity contribution in [3.63, 3.8) is 0 Å². The van der Waals surface area contributed by atoms with Crippen molar-refractivity contribution in [2.75, 3.05) is 13.2 Å². The first-order valence-corrected chi connectivity index (χ1v) is 11.9. The maximum atomic E-state index is 12.9. The first kappa shape index (κ1) is 23.8. The molecule has 2 amide bonds. The number of carboxylic acids is 1. The van der Waals surface area contributed by atoms with Crippen LogP contribution in [0.4, 0.5) is 4.79 Å². The van der Waals surface area contributed by atoms with Gasteiger partial charge in [-0.1, -0.05) is 68.3 Å². The molecule has 2 aromatic carbocycles. The van der Waals surface area contributed by atoms with E-state index in [1.807, 2.05) is 31.2 Å². The molecule has 2 aliphatic carbocycles. The summed E-state index contributed by atoms with van der Waals surface area (Å²) in [5.41, 5.74) is 3.87. The number of carbonyl (C=O) groups is 3. The van der Waals surface area contributed by atoms with Crippen LogP contribution >= 0.6 is 0 Å². The van der Waals surface area contributed by atoms with E-state index < -0.39 is 29.4 Å². The minimum absolute atomic E-state index is 0.0334. The highest BCUT2D eigenvalue weighted by molar-refractivity contribution is 5.82. The molecule has 180 valence electrons. The summed E-state index contributed by atoms with van der Waals surface area (Å²) in [4.78, 5) is 36.8. The van der Waals surface area contributed by atoms with E-state index >= 15 is 0 Å². The first-order valence-electron chi connectivity index (χ1n) is 11.9. The Balaban J connectivity index is 1.41. The summed E-state index contributed by atoms with van der Waals surface area (Å²) in [7, 11) is 0. The van der Waals surface area contributed by atoms with E-state index in [1.54, 1.807) is 6.92 Å². The minimum Gasteiger partial charge on any atom is -0.481 e. The lowest BCUT2D eigenvalue weighted by atomic mass is 9.73. The second-order valence-corrected chi connectivity index (χ2v) is 9.65. The number of fused-ring (bicyclic) bond motifs is 3. The van der Waals surface area contributed by atoms with Gasteiger partial charge in [0.2, 0.25) is 5.91 Å². The standard InChI is InChI=1S/C27H32N2O5/c1-17(25(31)32)15-28-24(30)23-13-7-8-14-27(23,2)29-26(33)34-16-22-20-11-5-3-9-18(20)19-10-4-6-12-21(19)22/h3-6,9-12,17,22-23H,7-8,13-16H2,1-2H3,(H,28,30)(H,29,33)(H,31,32). The number of ether oxygens (including phenoxy) is 1. The molecular weight excluding hydrogens is 432 g/mol. The van der Waals surface area contributed by atoms with Gasteiger partial charge in [-0.3, -0.25) is 9.59 Å². The molecule has 2 aromatic rings. The molecule has 3 atom stereocenters. The first-order chi connectivity index (χ1) is 16.3. The van der Waals surface area contributed by atoms with Crippen molar-refractivity contribution in [1.29, 1.82) is 0 Å². The highest BCUT2D eigenvalue weighted by Crippen LogP contribution is 2.44. The van der Waals surface area contributed by atoms with E-state index in [2.05, 4.69) is 34.9 Å². The number of benzene rings is 2. The molecule has 7 heteroatoms. The molecule has 34 heavy (non-hydrogen) atoms. The van der Waals surface area contributed by atoms with E-state index in [0.717, 1.165) is 24.0 Å². The molecule has 0 aromatic heterocycles. The van der Waals surface area contributed by atoms with Crippen LogP contribution in [0.1, 0.15) is 56.6 Å². The van der Waals surface area contributed by atoms with Crippen LogP contribution in [0.25, 0.3) is 11.1 Å². The fraction of sp³-hybridized carbons (Fsp3) is 0.444. The molecule has 1 fully saturated rings. The summed E-state index contributed by atoms with van der Waals surface area (Å²) in [6.07, 6.45) is 2.53. The van der Waals surface area contributed by atoms with Crippen LogP contribution in [0.2, 0.25) is 0 Å². The Morgan fingerprint density at radius 3 is 2.29 bits per heavy atom. The summed E-state index contributed by atoms with van der Waals surface area (Å²) >= 11 is 0. The monoisotopic (exact) mass is 464 g/mol. The van der Waals surface area contributed by atoms with Crippen molar-refractivity contribution in [3.05, 3.63) is 59.7 Å². The van der Waals surface area contributed by atoms with Gasteiger partial charge in [0.15, 0.2) is 0 Å². The van der Waals surface area contributed by atoms with Gasteiger partial charge in [0.1, 0.15) is 6.61 Å². The summed E-state index contributed by atoms with van der Waals surface area (Å²) in [6.45, 7) is 3.70. The number of aliphatic carboxylic acids is 1. The number of nitrogens with one attached hydrogen (secondary N) is 2. The molecule has 0 aliphatic heterocycles. The Morgan fingerprint density at radius 2 is 1.68 bits per heavy atom. The van der Waals surface area contributed by atoms with E-state index in [-0.39, 0.29) is 25.0 Å². The topological polar surface area (TPSA) is 105 Å². The van der Waals surface area contributed by atoms with Crippen molar-refractivity contribution in [3.8, 4) is 11.1 Å². The van der Waals surface area contributed by atoms with Crippen LogP contribution in [-0.2, 0) is 14.3 Å². The maximum absolute atomic E-state index is 12.9. The number of alkyl carbamates (subject to hydrolysis) is 1. The van der Waals surface area contributed by atoms with Gasteiger partial charge in [-0.05, 0) is 42.0 Å². The van der Waals surface area contributed by atoms with Gasteiger partial charge in [0.05, 0.1) is 17.4 Å². The Kier molecular flexibility index (Phi) is 6.91. The largest absolute Gasteiger partial charge is 0.481 e. The summed E-state index contributed by atoms with van der Waals surface area (Å²) < 4.78 is 5.71. The van der Waals surface area contributed by atoms with Crippen LogP contribution < -0.4 is 10.6 Å². The van der Waals surface area contributed by atoms with E-state index in [0.29, 0.717) is 12.8 Å². The second kappa shape index (κ2) is 9.87. The highest BCUT2D eigenvalue weighted by Gasteiger charge is 2.42. The second-order valence-electron chi connectivity index (χ2n) is 9.65. The molecular formula is C27H32N2O5. The Bertz CT molecular complexity index is 1040. The van der Waals surface area contributed by atoms with Crippen LogP contribution in [0, 0.1) is 11.8 Å². The lowest BCUT2D eigenvalue weighted by Crippen LogP contribution is -2.58. The fourth-order valence-electron chi connectivity index (χ4n) is 5.24. The number of amides is 2. The molecule has 0 spiro atoms. The molecule has 0 radical (unpaired) electrons. The van der Waals surface area contributed by atoms with E-state index in [9.17, 15) is 14.4 Å². The normalized spacial score (nSPS) is 22.2. The Hall–Kier alpha value is -3.35. The quantitative estimate of drug-likeness (QED) is 0.566. The van der Waals surface area contributed by atoms with Gasteiger partial charge in [-0.15, -0.1) is 0 Å². The third kappa shape index (κ3) is 4.79. The molecule has 2 aliphatic rings. The molecule has 7 nitrogen and oxygen atoms in total. The van der Waals surface area contributed by atoms with Crippen LogP contribution in [-0.4, -0.2) is 41.8 Å². The SMILES string of the molecule is CC(CNC(=O)C1CCCCC1(C)NC(=O)OCC1c2ccccc2-c2ccccc21)C(=O)O. The van der Waals surface area contributed by atoms with Crippen LogP contribution in [0.15, 0.2) is 48.5 Å². The number of hydrogen-bond donors (Lipinski definition) is 3. The van der Waals surface area contributed by atoms with Gasteiger partial charge in [-0.25, -0.2) is 4.79 Å². The number of carbonyl (C=O) groups excluding carboxylic acids is 2. The zero-order valence-corrected chi connectivity index (χ0v) is 19.7. The van der Waals surface area contributed by atoms with Crippen LogP contribution in [0.3, 0.4) is 0 Å². The summed E-state index contributed by atoms with van der Waals surface area (Å²) in [5.74, 6) is -2.33. The number of rotatable bonds is 7. The molecule has 4 rings (SSSR count). The third-order valence-electron chi connectivity index (χ3n) is 7.26. The molecule has 0 bridgehead atoms. The number of carboxylic acid groups (broad SMARTS) is 1. The molecule has 0 saturated heterocycles.